The summed E-state index contributed by atoms with van der Waals surface area (Å²) >= 11 is 0. The molecule has 2 fully saturated rings. The van der Waals surface area contributed by atoms with Crippen molar-refractivity contribution < 1.29 is 23.7 Å². The Kier molecular flexibility index (Phi) is 5.90. The molecular weight excluding hydrogens is 422 g/mol. The van der Waals surface area contributed by atoms with E-state index in [1.54, 1.807) is 14.0 Å². The standard InChI is InChI=1S/C25H29N3O5/c1-16(29)6-18-7-20-21(11-28(2)23(20)10-26-18)22-8-19(33-14-17-12-32-13-17)9-24(27-22)25(30-3)4-5-31-15-25/h7-11,17H,4-6,12-15H2,1-3H3/t25-/m1/s1. The Morgan fingerprint density at radius 2 is 2.12 bits per heavy atom. The minimum Gasteiger partial charge on any atom is -0.493 e. The number of methoxy groups -OCH3 is 1. The molecular formula is C25H29N3O5. The number of rotatable bonds is 8. The molecule has 5 rings (SSSR count). The third-order valence-electron chi connectivity index (χ3n) is 6.47. The van der Waals surface area contributed by atoms with Crippen molar-refractivity contribution in [3.63, 3.8) is 0 Å². The molecule has 0 amide bonds. The van der Waals surface area contributed by atoms with Crippen LogP contribution in [0.4, 0.5) is 0 Å². The van der Waals surface area contributed by atoms with Gasteiger partial charge in [0, 0.05) is 74.5 Å². The zero-order valence-corrected chi connectivity index (χ0v) is 19.3. The third-order valence-corrected chi connectivity index (χ3v) is 6.47. The van der Waals surface area contributed by atoms with Crippen molar-refractivity contribution in [2.75, 3.05) is 40.1 Å². The number of aryl methyl sites for hydroxylation is 1. The first-order valence-corrected chi connectivity index (χ1v) is 11.3. The first-order valence-electron chi connectivity index (χ1n) is 11.3. The molecule has 0 spiro atoms. The zero-order chi connectivity index (χ0) is 23.0. The van der Waals surface area contributed by atoms with Gasteiger partial charge in [-0.05, 0) is 13.0 Å². The maximum atomic E-state index is 11.7. The fourth-order valence-electron chi connectivity index (χ4n) is 4.45. The highest BCUT2D eigenvalue weighted by Crippen LogP contribution is 2.38. The van der Waals surface area contributed by atoms with Crippen LogP contribution in [0.15, 0.2) is 30.6 Å². The van der Waals surface area contributed by atoms with Gasteiger partial charge in [-0.1, -0.05) is 0 Å². The van der Waals surface area contributed by atoms with Crippen molar-refractivity contribution in [1.82, 2.24) is 14.5 Å². The third kappa shape index (κ3) is 4.26. The van der Waals surface area contributed by atoms with E-state index in [4.69, 9.17) is 23.9 Å². The average molecular weight is 452 g/mol. The first-order chi connectivity index (χ1) is 16.0. The van der Waals surface area contributed by atoms with Gasteiger partial charge in [0.2, 0.25) is 0 Å². The van der Waals surface area contributed by atoms with E-state index in [2.05, 4.69) is 4.98 Å². The van der Waals surface area contributed by atoms with E-state index in [-0.39, 0.29) is 5.78 Å². The number of carbonyl (C=O) groups is 1. The minimum absolute atomic E-state index is 0.0818. The Morgan fingerprint density at radius 1 is 1.27 bits per heavy atom. The molecule has 174 valence electrons. The summed E-state index contributed by atoms with van der Waals surface area (Å²) < 4.78 is 25.1. The van der Waals surface area contributed by atoms with Gasteiger partial charge in [0.25, 0.3) is 0 Å². The zero-order valence-electron chi connectivity index (χ0n) is 19.3. The summed E-state index contributed by atoms with van der Waals surface area (Å²) in [6, 6.07) is 5.93. The number of aromatic nitrogens is 3. The Morgan fingerprint density at radius 3 is 2.79 bits per heavy atom. The molecule has 0 aromatic carbocycles. The molecule has 0 radical (unpaired) electrons. The van der Waals surface area contributed by atoms with Crippen molar-refractivity contribution >= 4 is 16.7 Å². The maximum absolute atomic E-state index is 11.7. The minimum atomic E-state index is -0.598. The molecule has 5 heterocycles. The van der Waals surface area contributed by atoms with Crippen LogP contribution in [0.25, 0.3) is 22.2 Å². The summed E-state index contributed by atoms with van der Waals surface area (Å²) in [4.78, 5) is 21.2. The van der Waals surface area contributed by atoms with Gasteiger partial charge in [-0.2, -0.15) is 0 Å². The van der Waals surface area contributed by atoms with Crippen LogP contribution in [0, 0.1) is 5.92 Å². The highest BCUT2D eigenvalue weighted by Gasteiger charge is 2.39. The van der Waals surface area contributed by atoms with E-state index < -0.39 is 5.60 Å². The molecule has 8 nitrogen and oxygen atoms in total. The highest BCUT2D eigenvalue weighted by atomic mass is 16.5. The number of nitrogens with zero attached hydrogens (tertiary/aromatic N) is 3. The summed E-state index contributed by atoms with van der Waals surface area (Å²) in [6.07, 6.45) is 4.90. The Labute approximate surface area is 192 Å². The lowest BCUT2D eigenvalue weighted by atomic mass is 9.96. The van der Waals surface area contributed by atoms with Crippen LogP contribution >= 0.6 is 0 Å². The second-order valence-electron chi connectivity index (χ2n) is 9.01. The van der Waals surface area contributed by atoms with Crippen molar-refractivity contribution in [3.05, 3.63) is 42.0 Å². The lowest BCUT2D eigenvalue weighted by molar-refractivity contribution is -0.116. The van der Waals surface area contributed by atoms with E-state index in [1.165, 1.54) is 0 Å². The molecule has 1 atom stereocenters. The lowest BCUT2D eigenvalue weighted by Crippen LogP contribution is -2.33. The average Bonchev–Trinajstić information content (AvgIpc) is 3.38. The number of hydrogen-bond donors (Lipinski definition) is 0. The second kappa shape index (κ2) is 8.85. The molecule has 0 unspecified atom stereocenters. The van der Waals surface area contributed by atoms with Gasteiger partial charge in [0.1, 0.15) is 17.1 Å². The Bertz CT molecular complexity index is 1180. The normalized spacial score (nSPS) is 20.8. The summed E-state index contributed by atoms with van der Waals surface area (Å²) in [5.41, 5.74) is 3.68. The predicted molar refractivity (Wildman–Crippen MR) is 122 cm³/mol. The van der Waals surface area contributed by atoms with Crippen molar-refractivity contribution in [2.24, 2.45) is 13.0 Å². The van der Waals surface area contributed by atoms with Gasteiger partial charge in [0.05, 0.1) is 49.5 Å². The SMILES string of the molecule is CO[C@]1(c2cc(OCC3COC3)cc(-c3cn(C)c4cnc(CC(C)=O)cc34)n2)CCOC1. The largest absolute Gasteiger partial charge is 0.493 e. The van der Waals surface area contributed by atoms with Gasteiger partial charge in [-0.15, -0.1) is 0 Å². The van der Waals surface area contributed by atoms with Crippen molar-refractivity contribution in [2.45, 2.75) is 25.4 Å². The molecule has 2 aliphatic heterocycles. The molecule has 2 aliphatic rings. The number of Topliss-reactive ketones (excluding diaryl/α,β-unsaturated/α-hetero) is 1. The molecule has 8 heteroatoms. The molecule has 3 aromatic heterocycles. The van der Waals surface area contributed by atoms with E-state index in [1.807, 2.05) is 42.2 Å². The number of ether oxygens (including phenoxy) is 4. The van der Waals surface area contributed by atoms with E-state index in [9.17, 15) is 4.79 Å². The van der Waals surface area contributed by atoms with Crippen LogP contribution in [0.1, 0.15) is 24.7 Å². The Hall–Kier alpha value is -2.81. The van der Waals surface area contributed by atoms with E-state index in [0.717, 1.165) is 58.9 Å². The summed E-state index contributed by atoms with van der Waals surface area (Å²) in [5.74, 6) is 1.24. The number of carbonyl (C=O) groups excluding carboxylic acids is 1. The number of hydrogen-bond acceptors (Lipinski definition) is 7. The first kappa shape index (κ1) is 22.0. The smallest absolute Gasteiger partial charge is 0.135 e. The van der Waals surface area contributed by atoms with Gasteiger partial charge >= 0.3 is 0 Å². The second-order valence-corrected chi connectivity index (χ2v) is 9.01. The number of ketones is 1. The summed E-state index contributed by atoms with van der Waals surface area (Å²) in [7, 11) is 3.68. The van der Waals surface area contributed by atoms with Crippen LogP contribution < -0.4 is 4.74 Å². The molecule has 0 N–H and O–H groups in total. The van der Waals surface area contributed by atoms with Crippen LogP contribution in [-0.2, 0) is 38.1 Å². The molecule has 0 saturated carbocycles. The van der Waals surface area contributed by atoms with E-state index in [0.29, 0.717) is 32.2 Å². The Balaban J connectivity index is 1.60. The maximum Gasteiger partial charge on any atom is 0.135 e. The van der Waals surface area contributed by atoms with Crippen LogP contribution in [-0.4, -0.2) is 60.5 Å². The summed E-state index contributed by atoms with van der Waals surface area (Å²) in [6.45, 7) is 4.72. The van der Waals surface area contributed by atoms with Crippen molar-refractivity contribution in [3.8, 4) is 17.0 Å². The fourth-order valence-corrected chi connectivity index (χ4v) is 4.45. The molecule has 0 aliphatic carbocycles. The molecule has 0 bridgehead atoms. The summed E-state index contributed by atoms with van der Waals surface area (Å²) in [5, 5.41) is 1.00. The van der Waals surface area contributed by atoms with Crippen LogP contribution in [0.5, 0.6) is 5.75 Å². The van der Waals surface area contributed by atoms with Crippen molar-refractivity contribution in [1.29, 1.82) is 0 Å². The fraction of sp³-hybridized carbons (Fsp3) is 0.480. The number of pyridine rings is 2. The lowest BCUT2D eigenvalue weighted by Gasteiger charge is -2.28. The van der Waals surface area contributed by atoms with Gasteiger partial charge in [-0.3, -0.25) is 9.78 Å². The van der Waals surface area contributed by atoms with Gasteiger partial charge in [-0.25, -0.2) is 4.98 Å². The van der Waals surface area contributed by atoms with Crippen LogP contribution in [0.2, 0.25) is 0 Å². The van der Waals surface area contributed by atoms with Gasteiger partial charge in [0.15, 0.2) is 0 Å². The van der Waals surface area contributed by atoms with Crippen LogP contribution in [0.3, 0.4) is 0 Å². The highest BCUT2D eigenvalue weighted by molar-refractivity contribution is 5.95. The van der Waals surface area contributed by atoms with Gasteiger partial charge < -0.3 is 23.5 Å². The molecule has 3 aromatic rings. The number of fused-ring (bicyclic) bond motifs is 1. The van der Waals surface area contributed by atoms with E-state index >= 15 is 0 Å². The molecule has 33 heavy (non-hydrogen) atoms. The monoisotopic (exact) mass is 451 g/mol. The topological polar surface area (TPSA) is 84.7 Å². The molecule has 2 saturated heterocycles. The quantitative estimate of drug-likeness (QED) is 0.520. The predicted octanol–water partition coefficient (Wildman–Crippen LogP) is 3.05.